The summed E-state index contributed by atoms with van der Waals surface area (Å²) < 4.78 is 0. The standard InChI is InChI=1S/C13H19N/c1-10-3-7-13(8-4-10)11(2)14-9-12-5-6-12/h3-4,7-8,11-12,14H,5-6,9H2,1-2H3/t11-/m1/s1. The van der Waals surface area contributed by atoms with E-state index in [1.807, 2.05) is 0 Å². The van der Waals surface area contributed by atoms with Crippen LogP contribution in [0.15, 0.2) is 24.3 Å². The first-order valence-corrected chi connectivity index (χ1v) is 5.55. The summed E-state index contributed by atoms with van der Waals surface area (Å²) in [6, 6.07) is 9.31. The van der Waals surface area contributed by atoms with Gasteiger partial charge in [-0.05, 0) is 44.7 Å². The molecule has 1 N–H and O–H groups in total. The molecule has 0 aromatic heterocycles. The monoisotopic (exact) mass is 189 g/mol. The van der Waals surface area contributed by atoms with Crippen LogP contribution in [0.25, 0.3) is 0 Å². The van der Waals surface area contributed by atoms with E-state index in [0.29, 0.717) is 6.04 Å². The molecule has 0 aliphatic heterocycles. The van der Waals surface area contributed by atoms with Gasteiger partial charge in [-0.2, -0.15) is 0 Å². The SMILES string of the molecule is Cc1ccc([C@@H](C)NCC2CC2)cc1. The van der Waals surface area contributed by atoms with Crippen LogP contribution in [0.4, 0.5) is 0 Å². The van der Waals surface area contributed by atoms with E-state index in [1.165, 1.54) is 30.5 Å². The van der Waals surface area contributed by atoms with Gasteiger partial charge in [0.2, 0.25) is 0 Å². The molecule has 0 saturated heterocycles. The van der Waals surface area contributed by atoms with Gasteiger partial charge in [0.15, 0.2) is 0 Å². The van der Waals surface area contributed by atoms with Gasteiger partial charge in [0.05, 0.1) is 0 Å². The molecule has 1 aromatic rings. The van der Waals surface area contributed by atoms with Gasteiger partial charge in [0.1, 0.15) is 0 Å². The van der Waals surface area contributed by atoms with Gasteiger partial charge >= 0.3 is 0 Å². The zero-order valence-electron chi connectivity index (χ0n) is 9.09. The predicted molar refractivity (Wildman–Crippen MR) is 60.3 cm³/mol. The van der Waals surface area contributed by atoms with E-state index >= 15 is 0 Å². The third kappa shape index (κ3) is 2.58. The average Bonchev–Trinajstić information content (AvgIpc) is 2.99. The number of hydrogen-bond acceptors (Lipinski definition) is 1. The third-order valence-corrected chi connectivity index (χ3v) is 2.99. The van der Waals surface area contributed by atoms with E-state index in [-0.39, 0.29) is 0 Å². The molecule has 0 unspecified atom stereocenters. The fourth-order valence-corrected chi connectivity index (χ4v) is 1.64. The lowest BCUT2D eigenvalue weighted by Crippen LogP contribution is -2.20. The van der Waals surface area contributed by atoms with Crippen molar-refractivity contribution >= 4 is 0 Å². The van der Waals surface area contributed by atoms with E-state index in [0.717, 1.165) is 5.92 Å². The zero-order chi connectivity index (χ0) is 9.97. The zero-order valence-corrected chi connectivity index (χ0v) is 9.09. The van der Waals surface area contributed by atoms with Crippen molar-refractivity contribution in [3.05, 3.63) is 35.4 Å². The molecule has 1 heteroatoms. The van der Waals surface area contributed by atoms with Crippen LogP contribution in [0.5, 0.6) is 0 Å². The van der Waals surface area contributed by atoms with Crippen molar-refractivity contribution in [2.24, 2.45) is 5.92 Å². The topological polar surface area (TPSA) is 12.0 Å². The fraction of sp³-hybridized carbons (Fsp3) is 0.538. The highest BCUT2D eigenvalue weighted by Gasteiger charge is 2.21. The molecule has 1 aliphatic rings. The maximum Gasteiger partial charge on any atom is 0.0291 e. The number of benzene rings is 1. The molecule has 1 atom stereocenters. The molecule has 0 heterocycles. The Balaban J connectivity index is 1.88. The predicted octanol–water partition coefficient (Wildman–Crippen LogP) is 3.06. The maximum atomic E-state index is 3.58. The van der Waals surface area contributed by atoms with E-state index in [1.54, 1.807) is 0 Å². The molecule has 0 amide bonds. The Morgan fingerprint density at radius 1 is 1.29 bits per heavy atom. The van der Waals surface area contributed by atoms with Gasteiger partial charge in [-0.25, -0.2) is 0 Å². The quantitative estimate of drug-likeness (QED) is 0.767. The molecule has 2 rings (SSSR count). The molecular weight excluding hydrogens is 170 g/mol. The van der Waals surface area contributed by atoms with Crippen molar-refractivity contribution in [3.8, 4) is 0 Å². The third-order valence-electron chi connectivity index (χ3n) is 2.99. The Hall–Kier alpha value is -0.820. The van der Waals surface area contributed by atoms with E-state index < -0.39 is 0 Å². The average molecular weight is 189 g/mol. The Kier molecular flexibility index (Phi) is 2.87. The van der Waals surface area contributed by atoms with E-state index in [9.17, 15) is 0 Å². The number of aryl methyl sites for hydroxylation is 1. The molecule has 0 bridgehead atoms. The Bertz CT molecular complexity index is 285. The van der Waals surface area contributed by atoms with Crippen molar-refractivity contribution in [3.63, 3.8) is 0 Å². The molecule has 76 valence electrons. The van der Waals surface area contributed by atoms with Crippen molar-refractivity contribution in [2.75, 3.05) is 6.54 Å². The van der Waals surface area contributed by atoms with Gasteiger partial charge in [-0.1, -0.05) is 29.8 Å². The molecule has 1 aromatic carbocycles. The van der Waals surface area contributed by atoms with Gasteiger partial charge in [-0.3, -0.25) is 0 Å². The molecule has 0 radical (unpaired) electrons. The Labute approximate surface area is 86.5 Å². The van der Waals surface area contributed by atoms with E-state index in [4.69, 9.17) is 0 Å². The summed E-state index contributed by atoms with van der Waals surface area (Å²) in [4.78, 5) is 0. The van der Waals surface area contributed by atoms with Gasteiger partial charge < -0.3 is 5.32 Å². The van der Waals surface area contributed by atoms with Crippen LogP contribution in [0.1, 0.15) is 36.9 Å². The second kappa shape index (κ2) is 4.14. The molecule has 0 spiro atoms. The van der Waals surface area contributed by atoms with Crippen LogP contribution in [0.2, 0.25) is 0 Å². The number of nitrogens with one attached hydrogen (secondary N) is 1. The summed E-state index contributed by atoms with van der Waals surface area (Å²) in [6.07, 6.45) is 2.85. The lowest BCUT2D eigenvalue weighted by molar-refractivity contribution is 0.549. The first-order chi connectivity index (χ1) is 6.75. The van der Waals surface area contributed by atoms with Crippen LogP contribution in [-0.2, 0) is 0 Å². The maximum absolute atomic E-state index is 3.58. The normalized spacial score (nSPS) is 18.1. The summed E-state index contributed by atoms with van der Waals surface area (Å²) >= 11 is 0. The summed E-state index contributed by atoms with van der Waals surface area (Å²) in [5.41, 5.74) is 2.74. The van der Waals surface area contributed by atoms with Crippen molar-refractivity contribution in [1.82, 2.24) is 5.32 Å². The fourth-order valence-electron chi connectivity index (χ4n) is 1.64. The van der Waals surface area contributed by atoms with Crippen molar-refractivity contribution in [2.45, 2.75) is 32.7 Å². The van der Waals surface area contributed by atoms with Crippen LogP contribution in [-0.4, -0.2) is 6.54 Å². The molecule has 1 fully saturated rings. The highest BCUT2D eigenvalue weighted by atomic mass is 14.9. The second-order valence-electron chi connectivity index (χ2n) is 4.48. The molecule has 14 heavy (non-hydrogen) atoms. The summed E-state index contributed by atoms with van der Waals surface area (Å²) in [5, 5.41) is 3.58. The highest BCUT2D eigenvalue weighted by Crippen LogP contribution is 2.28. The number of rotatable bonds is 4. The van der Waals surface area contributed by atoms with Crippen LogP contribution < -0.4 is 5.32 Å². The van der Waals surface area contributed by atoms with Gasteiger partial charge in [0.25, 0.3) is 0 Å². The second-order valence-corrected chi connectivity index (χ2v) is 4.48. The molecular formula is C13H19N. The van der Waals surface area contributed by atoms with E-state index in [2.05, 4.69) is 43.4 Å². The molecule has 1 nitrogen and oxygen atoms in total. The van der Waals surface area contributed by atoms with Crippen LogP contribution in [0, 0.1) is 12.8 Å². The largest absolute Gasteiger partial charge is 0.310 e. The summed E-state index contributed by atoms with van der Waals surface area (Å²) in [6.45, 7) is 5.56. The minimum Gasteiger partial charge on any atom is -0.310 e. The van der Waals surface area contributed by atoms with Crippen LogP contribution >= 0.6 is 0 Å². The minimum atomic E-state index is 0.496. The Morgan fingerprint density at radius 2 is 1.93 bits per heavy atom. The lowest BCUT2D eigenvalue weighted by Gasteiger charge is -2.13. The summed E-state index contributed by atoms with van der Waals surface area (Å²) in [5.74, 6) is 0.961. The minimum absolute atomic E-state index is 0.496. The molecule has 1 aliphatic carbocycles. The van der Waals surface area contributed by atoms with Crippen LogP contribution in [0.3, 0.4) is 0 Å². The highest BCUT2D eigenvalue weighted by molar-refractivity contribution is 5.23. The van der Waals surface area contributed by atoms with Gasteiger partial charge in [-0.15, -0.1) is 0 Å². The Morgan fingerprint density at radius 3 is 2.50 bits per heavy atom. The first kappa shape index (κ1) is 9.72. The summed E-state index contributed by atoms with van der Waals surface area (Å²) in [7, 11) is 0. The lowest BCUT2D eigenvalue weighted by atomic mass is 10.1. The smallest absolute Gasteiger partial charge is 0.0291 e. The van der Waals surface area contributed by atoms with Crippen molar-refractivity contribution < 1.29 is 0 Å². The first-order valence-electron chi connectivity index (χ1n) is 5.55. The van der Waals surface area contributed by atoms with Crippen molar-refractivity contribution in [1.29, 1.82) is 0 Å². The van der Waals surface area contributed by atoms with Gasteiger partial charge in [0, 0.05) is 6.04 Å². The molecule has 1 saturated carbocycles. The number of hydrogen-bond donors (Lipinski definition) is 1.